The van der Waals surface area contributed by atoms with Crippen LogP contribution in [0.2, 0.25) is 0 Å². The van der Waals surface area contributed by atoms with E-state index in [0.717, 1.165) is 0 Å². The standard InChI is InChI=1S/C10H14N2O2/c1-7(14-2)10(13)12-9-5-3-4-8(11)6-9/h3-7H,11H2,1-2H3,(H,12,13)/t7-/m1/s1. The van der Waals surface area contributed by atoms with Crippen molar-refractivity contribution < 1.29 is 9.53 Å². The van der Waals surface area contributed by atoms with Gasteiger partial charge in [0, 0.05) is 18.5 Å². The van der Waals surface area contributed by atoms with E-state index in [9.17, 15) is 4.79 Å². The van der Waals surface area contributed by atoms with Crippen LogP contribution in [0.15, 0.2) is 24.3 Å². The molecule has 0 saturated heterocycles. The van der Waals surface area contributed by atoms with Crippen LogP contribution in [0.4, 0.5) is 11.4 Å². The second kappa shape index (κ2) is 4.62. The minimum Gasteiger partial charge on any atom is -0.399 e. The van der Waals surface area contributed by atoms with Crippen molar-refractivity contribution in [1.82, 2.24) is 0 Å². The predicted molar refractivity (Wildman–Crippen MR) is 56.0 cm³/mol. The molecule has 1 atom stereocenters. The van der Waals surface area contributed by atoms with E-state index in [4.69, 9.17) is 10.5 Å². The summed E-state index contributed by atoms with van der Waals surface area (Å²) in [6.45, 7) is 1.68. The molecule has 1 aromatic carbocycles. The Morgan fingerprint density at radius 2 is 2.29 bits per heavy atom. The van der Waals surface area contributed by atoms with Crippen LogP contribution < -0.4 is 11.1 Å². The summed E-state index contributed by atoms with van der Waals surface area (Å²) in [4.78, 5) is 11.4. The van der Waals surface area contributed by atoms with Crippen molar-refractivity contribution in [1.29, 1.82) is 0 Å². The molecule has 1 rings (SSSR count). The average Bonchev–Trinajstić information content (AvgIpc) is 2.16. The lowest BCUT2D eigenvalue weighted by Crippen LogP contribution is -2.26. The van der Waals surface area contributed by atoms with Crippen LogP contribution in [0, 0.1) is 0 Å². The highest BCUT2D eigenvalue weighted by Crippen LogP contribution is 2.12. The van der Waals surface area contributed by atoms with Crippen molar-refractivity contribution in [3.05, 3.63) is 24.3 Å². The summed E-state index contributed by atoms with van der Waals surface area (Å²) in [5.41, 5.74) is 6.86. The summed E-state index contributed by atoms with van der Waals surface area (Å²) in [6, 6.07) is 7.01. The fourth-order valence-corrected chi connectivity index (χ4v) is 0.967. The first-order valence-electron chi connectivity index (χ1n) is 4.32. The van der Waals surface area contributed by atoms with Crippen molar-refractivity contribution in [2.75, 3.05) is 18.2 Å². The van der Waals surface area contributed by atoms with E-state index in [-0.39, 0.29) is 5.91 Å². The molecule has 0 spiro atoms. The second-order valence-corrected chi connectivity index (χ2v) is 2.99. The van der Waals surface area contributed by atoms with Gasteiger partial charge in [-0.15, -0.1) is 0 Å². The van der Waals surface area contributed by atoms with E-state index >= 15 is 0 Å². The number of carbonyl (C=O) groups excluding carboxylic acids is 1. The minimum atomic E-state index is -0.462. The Balaban J connectivity index is 2.65. The molecule has 0 aliphatic rings. The van der Waals surface area contributed by atoms with Crippen LogP contribution in [0.1, 0.15) is 6.92 Å². The van der Waals surface area contributed by atoms with Crippen molar-refractivity contribution in [3.8, 4) is 0 Å². The van der Waals surface area contributed by atoms with Gasteiger partial charge >= 0.3 is 0 Å². The summed E-state index contributed by atoms with van der Waals surface area (Å²) >= 11 is 0. The van der Waals surface area contributed by atoms with Crippen molar-refractivity contribution in [2.45, 2.75) is 13.0 Å². The quantitative estimate of drug-likeness (QED) is 0.711. The lowest BCUT2D eigenvalue weighted by atomic mass is 10.2. The predicted octanol–water partition coefficient (Wildman–Crippen LogP) is 1.24. The zero-order valence-electron chi connectivity index (χ0n) is 8.28. The number of amides is 1. The fraction of sp³-hybridized carbons (Fsp3) is 0.300. The van der Waals surface area contributed by atoms with Gasteiger partial charge in [0.05, 0.1) is 0 Å². The van der Waals surface area contributed by atoms with Crippen LogP contribution in [0.5, 0.6) is 0 Å². The number of ether oxygens (including phenoxy) is 1. The smallest absolute Gasteiger partial charge is 0.253 e. The molecule has 0 radical (unpaired) electrons. The Hall–Kier alpha value is -1.55. The van der Waals surface area contributed by atoms with Gasteiger partial charge in [-0.3, -0.25) is 4.79 Å². The number of carbonyl (C=O) groups is 1. The van der Waals surface area contributed by atoms with Crippen molar-refractivity contribution >= 4 is 17.3 Å². The van der Waals surface area contributed by atoms with Crippen LogP contribution in [-0.2, 0) is 9.53 Å². The molecule has 4 nitrogen and oxygen atoms in total. The van der Waals surface area contributed by atoms with Gasteiger partial charge in [-0.1, -0.05) is 6.07 Å². The molecule has 14 heavy (non-hydrogen) atoms. The van der Waals surface area contributed by atoms with Gasteiger partial charge < -0.3 is 15.8 Å². The Morgan fingerprint density at radius 3 is 2.86 bits per heavy atom. The first kappa shape index (κ1) is 10.5. The summed E-state index contributed by atoms with van der Waals surface area (Å²) in [6.07, 6.45) is -0.462. The Bertz CT molecular complexity index is 326. The molecule has 0 aliphatic heterocycles. The fourth-order valence-electron chi connectivity index (χ4n) is 0.967. The van der Waals surface area contributed by atoms with Crippen LogP contribution >= 0.6 is 0 Å². The van der Waals surface area contributed by atoms with Gasteiger partial charge in [-0.05, 0) is 25.1 Å². The van der Waals surface area contributed by atoms with Crippen molar-refractivity contribution in [3.63, 3.8) is 0 Å². The van der Waals surface area contributed by atoms with E-state index in [2.05, 4.69) is 5.32 Å². The highest BCUT2D eigenvalue weighted by atomic mass is 16.5. The van der Waals surface area contributed by atoms with Crippen LogP contribution in [0.3, 0.4) is 0 Å². The Morgan fingerprint density at radius 1 is 1.57 bits per heavy atom. The van der Waals surface area contributed by atoms with Gasteiger partial charge in [-0.25, -0.2) is 0 Å². The molecule has 0 bridgehead atoms. The van der Waals surface area contributed by atoms with Gasteiger partial charge in [0.15, 0.2) is 0 Å². The second-order valence-electron chi connectivity index (χ2n) is 2.99. The third-order valence-corrected chi connectivity index (χ3v) is 1.88. The number of nitrogens with one attached hydrogen (secondary N) is 1. The summed E-state index contributed by atoms with van der Waals surface area (Å²) < 4.78 is 4.87. The molecule has 0 fully saturated rings. The average molecular weight is 194 g/mol. The van der Waals surface area contributed by atoms with E-state index in [1.54, 1.807) is 31.2 Å². The number of nitrogens with two attached hydrogens (primary N) is 1. The topological polar surface area (TPSA) is 64.3 Å². The van der Waals surface area contributed by atoms with Crippen molar-refractivity contribution in [2.24, 2.45) is 0 Å². The zero-order valence-corrected chi connectivity index (χ0v) is 8.28. The first-order valence-corrected chi connectivity index (χ1v) is 4.32. The monoisotopic (exact) mass is 194 g/mol. The molecule has 0 aliphatic carbocycles. The lowest BCUT2D eigenvalue weighted by Gasteiger charge is -2.10. The normalized spacial score (nSPS) is 12.1. The molecule has 0 saturated carbocycles. The third kappa shape index (κ3) is 2.74. The largest absolute Gasteiger partial charge is 0.399 e. The van der Waals surface area contributed by atoms with Crippen LogP contribution in [-0.4, -0.2) is 19.1 Å². The third-order valence-electron chi connectivity index (χ3n) is 1.88. The van der Waals surface area contributed by atoms with E-state index < -0.39 is 6.10 Å². The van der Waals surface area contributed by atoms with E-state index in [1.165, 1.54) is 7.11 Å². The summed E-state index contributed by atoms with van der Waals surface area (Å²) in [5.74, 6) is -0.182. The molecule has 0 unspecified atom stereocenters. The maximum Gasteiger partial charge on any atom is 0.253 e. The lowest BCUT2D eigenvalue weighted by molar-refractivity contribution is -0.124. The molecular weight excluding hydrogens is 180 g/mol. The number of hydrogen-bond acceptors (Lipinski definition) is 3. The number of hydrogen-bond donors (Lipinski definition) is 2. The Labute approximate surface area is 83.1 Å². The molecule has 1 aromatic rings. The van der Waals surface area contributed by atoms with E-state index in [0.29, 0.717) is 11.4 Å². The van der Waals surface area contributed by atoms with Gasteiger partial charge in [0.2, 0.25) is 0 Å². The highest BCUT2D eigenvalue weighted by Gasteiger charge is 2.10. The summed E-state index contributed by atoms with van der Waals surface area (Å²) in [5, 5.41) is 2.69. The van der Waals surface area contributed by atoms with Gasteiger partial charge in [0.25, 0.3) is 5.91 Å². The number of rotatable bonds is 3. The highest BCUT2D eigenvalue weighted by molar-refractivity contribution is 5.94. The van der Waals surface area contributed by atoms with E-state index in [1.807, 2.05) is 0 Å². The number of nitrogen functional groups attached to an aromatic ring is 1. The first-order chi connectivity index (χ1) is 6.63. The molecular formula is C10H14N2O2. The maximum atomic E-state index is 11.4. The molecule has 1 amide bonds. The molecule has 4 heteroatoms. The van der Waals surface area contributed by atoms with Crippen LogP contribution in [0.25, 0.3) is 0 Å². The molecule has 0 aromatic heterocycles. The van der Waals surface area contributed by atoms with Gasteiger partial charge in [0.1, 0.15) is 6.10 Å². The maximum absolute atomic E-state index is 11.4. The SMILES string of the molecule is CO[C@H](C)C(=O)Nc1cccc(N)c1. The van der Waals surface area contributed by atoms with Gasteiger partial charge in [-0.2, -0.15) is 0 Å². The summed E-state index contributed by atoms with van der Waals surface area (Å²) in [7, 11) is 1.49. The zero-order chi connectivity index (χ0) is 10.6. The number of methoxy groups -OCH3 is 1. The minimum absolute atomic E-state index is 0.182. The molecule has 3 N–H and O–H groups in total. The number of benzene rings is 1. The number of anilines is 2. The molecule has 0 heterocycles. The Kier molecular flexibility index (Phi) is 3.48. The molecule has 76 valence electrons.